The van der Waals surface area contributed by atoms with Crippen LogP contribution in [0.25, 0.3) is 0 Å². The van der Waals surface area contributed by atoms with Gasteiger partial charge in [0.05, 0.1) is 6.61 Å². The number of esters is 1. The summed E-state index contributed by atoms with van der Waals surface area (Å²) in [4.78, 5) is 24.2. The SMILES string of the molecule is CCCCCCC(NC(=O)OCc1ccccc1)C(=O)OCCCC. The van der Waals surface area contributed by atoms with Crippen LogP contribution in [0.15, 0.2) is 30.3 Å². The van der Waals surface area contributed by atoms with Gasteiger partial charge in [-0.05, 0) is 18.4 Å². The number of hydrogen-bond acceptors (Lipinski definition) is 4. The van der Waals surface area contributed by atoms with Crippen molar-refractivity contribution in [2.24, 2.45) is 0 Å². The van der Waals surface area contributed by atoms with E-state index in [1.54, 1.807) is 0 Å². The first kappa shape index (κ1) is 21.0. The molecule has 25 heavy (non-hydrogen) atoms. The maximum Gasteiger partial charge on any atom is 0.408 e. The van der Waals surface area contributed by atoms with Gasteiger partial charge in [0.2, 0.25) is 0 Å². The number of hydrogen-bond donors (Lipinski definition) is 1. The Morgan fingerprint density at radius 2 is 1.68 bits per heavy atom. The second kappa shape index (κ2) is 13.3. The van der Waals surface area contributed by atoms with E-state index in [1.165, 1.54) is 0 Å². The fourth-order valence-electron chi connectivity index (χ4n) is 2.35. The summed E-state index contributed by atoms with van der Waals surface area (Å²) in [6.45, 7) is 4.74. The highest BCUT2D eigenvalue weighted by molar-refractivity contribution is 5.81. The van der Waals surface area contributed by atoms with E-state index in [4.69, 9.17) is 9.47 Å². The standard InChI is InChI=1S/C20H31NO4/c1-3-5-7-11-14-18(19(22)24-15-6-4-2)21-20(23)25-16-17-12-9-8-10-13-17/h8-10,12-13,18H,3-7,11,14-16H2,1-2H3,(H,21,23). The van der Waals surface area contributed by atoms with Gasteiger partial charge in [-0.1, -0.05) is 76.3 Å². The fraction of sp³-hybridized carbons (Fsp3) is 0.600. The van der Waals surface area contributed by atoms with Crippen LogP contribution in [0, 0.1) is 0 Å². The average Bonchev–Trinajstić information content (AvgIpc) is 2.63. The highest BCUT2D eigenvalue weighted by Crippen LogP contribution is 2.08. The third-order valence-electron chi connectivity index (χ3n) is 3.88. The maximum atomic E-state index is 12.2. The molecule has 5 nitrogen and oxygen atoms in total. The molecular weight excluding hydrogens is 318 g/mol. The summed E-state index contributed by atoms with van der Waals surface area (Å²) in [5.41, 5.74) is 0.905. The summed E-state index contributed by atoms with van der Waals surface area (Å²) in [5.74, 6) is -0.374. The van der Waals surface area contributed by atoms with Gasteiger partial charge in [-0.3, -0.25) is 0 Å². The monoisotopic (exact) mass is 349 g/mol. The van der Waals surface area contributed by atoms with Crippen molar-refractivity contribution in [2.75, 3.05) is 6.61 Å². The van der Waals surface area contributed by atoms with Gasteiger partial charge in [-0.25, -0.2) is 9.59 Å². The number of nitrogens with one attached hydrogen (secondary N) is 1. The van der Waals surface area contributed by atoms with E-state index >= 15 is 0 Å². The molecular formula is C20H31NO4. The van der Waals surface area contributed by atoms with Crippen LogP contribution in [0.4, 0.5) is 4.79 Å². The van der Waals surface area contributed by atoms with Crippen molar-refractivity contribution >= 4 is 12.1 Å². The first-order valence-corrected chi connectivity index (χ1v) is 9.31. The third-order valence-corrected chi connectivity index (χ3v) is 3.88. The zero-order chi connectivity index (χ0) is 18.3. The van der Waals surface area contributed by atoms with E-state index in [-0.39, 0.29) is 12.6 Å². The van der Waals surface area contributed by atoms with Gasteiger partial charge < -0.3 is 14.8 Å². The van der Waals surface area contributed by atoms with Crippen molar-refractivity contribution in [3.05, 3.63) is 35.9 Å². The number of benzene rings is 1. The summed E-state index contributed by atoms with van der Waals surface area (Å²) in [6, 6.07) is 8.80. The first-order valence-electron chi connectivity index (χ1n) is 9.31. The Labute approximate surface area is 151 Å². The zero-order valence-electron chi connectivity index (χ0n) is 15.5. The smallest absolute Gasteiger partial charge is 0.408 e. The topological polar surface area (TPSA) is 64.6 Å². The van der Waals surface area contributed by atoms with Crippen LogP contribution in [0.5, 0.6) is 0 Å². The maximum absolute atomic E-state index is 12.2. The first-order chi connectivity index (χ1) is 12.2. The van der Waals surface area contributed by atoms with Crippen LogP contribution >= 0.6 is 0 Å². The van der Waals surface area contributed by atoms with Crippen molar-refractivity contribution in [3.63, 3.8) is 0 Å². The van der Waals surface area contributed by atoms with E-state index in [0.717, 1.165) is 44.1 Å². The van der Waals surface area contributed by atoms with E-state index in [2.05, 4.69) is 12.2 Å². The molecule has 0 bridgehead atoms. The quantitative estimate of drug-likeness (QED) is 0.442. The summed E-state index contributed by atoms with van der Waals surface area (Å²) in [6.07, 6.45) is 5.93. The lowest BCUT2D eigenvalue weighted by atomic mass is 10.1. The molecule has 5 heteroatoms. The highest BCUT2D eigenvalue weighted by Gasteiger charge is 2.22. The second-order valence-electron chi connectivity index (χ2n) is 6.13. The normalized spacial score (nSPS) is 11.6. The van der Waals surface area contributed by atoms with Crippen LogP contribution in [-0.2, 0) is 20.9 Å². The van der Waals surface area contributed by atoms with Gasteiger partial charge >= 0.3 is 12.1 Å². The van der Waals surface area contributed by atoms with E-state index < -0.39 is 12.1 Å². The minimum atomic E-state index is -0.642. The van der Waals surface area contributed by atoms with Crippen molar-refractivity contribution in [3.8, 4) is 0 Å². The molecule has 0 radical (unpaired) electrons. The lowest BCUT2D eigenvalue weighted by Gasteiger charge is -2.17. The molecule has 1 atom stereocenters. The van der Waals surface area contributed by atoms with Gasteiger partial charge in [0.25, 0.3) is 0 Å². The van der Waals surface area contributed by atoms with Gasteiger partial charge in [-0.15, -0.1) is 0 Å². The number of amides is 1. The van der Waals surface area contributed by atoms with Gasteiger partial charge in [0.15, 0.2) is 0 Å². The molecule has 0 spiro atoms. The number of carbonyl (C=O) groups is 2. The van der Waals surface area contributed by atoms with E-state index in [1.807, 2.05) is 37.3 Å². The minimum absolute atomic E-state index is 0.181. The molecule has 1 N–H and O–H groups in total. The lowest BCUT2D eigenvalue weighted by molar-refractivity contribution is -0.146. The Kier molecular flexibility index (Phi) is 11.2. The fourth-order valence-corrected chi connectivity index (χ4v) is 2.35. The van der Waals surface area contributed by atoms with E-state index in [9.17, 15) is 9.59 Å². The molecule has 0 saturated carbocycles. The molecule has 1 aromatic carbocycles. The van der Waals surface area contributed by atoms with Crippen molar-refractivity contribution in [2.45, 2.75) is 71.4 Å². The molecule has 0 aromatic heterocycles. The molecule has 0 saturated heterocycles. The Hall–Kier alpha value is -2.04. The summed E-state index contributed by atoms with van der Waals surface area (Å²) >= 11 is 0. The Morgan fingerprint density at radius 1 is 0.960 bits per heavy atom. The highest BCUT2D eigenvalue weighted by atomic mass is 16.6. The largest absolute Gasteiger partial charge is 0.464 e. The average molecular weight is 349 g/mol. The number of unbranched alkanes of at least 4 members (excludes halogenated alkanes) is 4. The molecule has 1 unspecified atom stereocenters. The van der Waals surface area contributed by atoms with Gasteiger partial charge in [-0.2, -0.15) is 0 Å². The molecule has 0 aliphatic carbocycles. The van der Waals surface area contributed by atoms with Gasteiger partial charge in [0, 0.05) is 0 Å². The molecule has 1 aromatic rings. The molecule has 1 rings (SSSR count). The van der Waals surface area contributed by atoms with Crippen LogP contribution in [-0.4, -0.2) is 24.7 Å². The summed E-state index contributed by atoms with van der Waals surface area (Å²) in [5, 5.41) is 2.66. The lowest BCUT2D eigenvalue weighted by Crippen LogP contribution is -2.42. The number of ether oxygens (including phenoxy) is 2. The number of alkyl carbamates (subject to hydrolysis) is 1. The Bertz CT molecular complexity index is 490. The second-order valence-corrected chi connectivity index (χ2v) is 6.13. The van der Waals surface area contributed by atoms with Crippen LogP contribution < -0.4 is 5.32 Å². The summed E-state index contributed by atoms with van der Waals surface area (Å²) < 4.78 is 10.5. The van der Waals surface area contributed by atoms with Crippen LogP contribution in [0.3, 0.4) is 0 Å². The van der Waals surface area contributed by atoms with Crippen molar-refractivity contribution < 1.29 is 19.1 Å². The van der Waals surface area contributed by atoms with Crippen molar-refractivity contribution in [1.29, 1.82) is 0 Å². The Balaban J connectivity index is 2.45. The number of rotatable bonds is 12. The van der Waals surface area contributed by atoms with Crippen molar-refractivity contribution in [1.82, 2.24) is 5.32 Å². The predicted octanol–water partition coefficient (Wildman–Crippen LogP) is 4.60. The Morgan fingerprint density at radius 3 is 2.36 bits per heavy atom. The molecule has 1 amide bonds. The third kappa shape index (κ3) is 9.75. The van der Waals surface area contributed by atoms with Crippen LogP contribution in [0.2, 0.25) is 0 Å². The van der Waals surface area contributed by atoms with Crippen LogP contribution in [0.1, 0.15) is 64.4 Å². The molecule has 0 fully saturated rings. The molecule has 140 valence electrons. The number of carbonyl (C=O) groups excluding carboxylic acids is 2. The minimum Gasteiger partial charge on any atom is -0.464 e. The molecule has 0 aliphatic heterocycles. The molecule has 0 aliphatic rings. The zero-order valence-corrected chi connectivity index (χ0v) is 15.5. The van der Waals surface area contributed by atoms with Gasteiger partial charge in [0.1, 0.15) is 12.6 Å². The molecule has 0 heterocycles. The summed E-state index contributed by atoms with van der Waals surface area (Å²) in [7, 11) is 0. The van der Waals surface area contributed by atoms with E-state index in [0.29, 0.717) is 13.0 Å². The predicted molar refractivity (Wildman–Crippen MR) is 98.2 cm³/mol.